The third-order valence-corrected chi connectivity index (χ3v) is 8.06. The van der Waals surface area contributed by atoms with Crippen LogP contribution in [0, 0.1) is 5.82 Å². The zero-order chi connectivity index (χ0) is 21.9. The monoisotopic (exact) mass is 487 g/mol. The highest BCUT2D eigenvalue weighted by Gasteiger charge is 2.31. The van der Waals surface area contributed by atoms with Crippen LogP contribution in [0.1, 0.15) is 16.6 Å². The number of carbonyl (C=O) groups excluding carboxylic acids is 1. The van der Waals surface area contributed by atoms with Gasteiger partial charge >= 0.3 is 13.5 Å². The van der Waals surface area contributed by atoms with Crippen molar-refractivity contribution in [3.05, 3.63) is 69.3 Å². The van der Waals surface area contributed by atoms with E-state index in [0.717, 1.165) is 11.3 Å². The van der Waals surface area contributed by atoms with Gasteiger partial charge in [-0.25, -0.2) is 9.18 Å². The highest BCUT2D eigenvalue weighted by molar-refractivity contribution is 7.68. The first kappa shape index (κ1) is 22.8. The van der Waals surface area contributed by atoms with Crippen molar-refractivity contribution in [2.24, 2.45) is 0 Å². The number of anilines is 1. The third-order valence-electron chi connectivity index (χ3n) is 4.04. The molecule has 3 rings (SSSR count). The number of ether oxygens (including phenoxy) is 1. The maximum atomic E-state index is 13.7. The van der Waals surface area contributed by atoms with Gasteiger partial charge in [-0.3, -0.25) is 4.57 Å². The number of hydrogen-bond acceptors (Lipinski definition) is 5. The molecule has 10 heteroatoms. The second-order valence-electron chi connectivity index (χ2n) is 6.03. The summed E-state index contributed by atoms with van der Waals surface area (Å²) in [4.78, 5) is 13.2. The first-order valence-electron chi connectivity index (χ1n) is 8.74. The standard InChI is InChI=1S/C20H17Cl2FNO4PS/c1-3-28-29(26,17-9-6-13(21)10-15(17)22)24-16-11-18(30-19(16)20(25)27-2)12-4-7-14(23)8-5-12/h4-11H,3H2,1-2H3,(H,24,26). The normalized spacial score (nSPS) is 13.0. The molecule has 1 unspecified atom stereocenters. The Bertz CT molecular complexity index is 1120. The van der Waals surface area contributed by atoms with Gasteiger partial charge in [0.25, 0.3) is 0 Å². The molecule has 3 aromatic rings. The van der Waals surface area contributed by atoms with Crippen molar-refractivity contribution >= 4 is 59.0 Å². The molecule has 30 heavy (non-hydrogen) atoms. The van der Waals surface area contributed by atoms with Gasteiger partial charge < -0.3 is 14.3 Å². The van der Waals surface area contributed by atoms with Crippen molar-refractivity contribution in [1.29, 1.82) is 0 Å². The number of benzene rings is 2. The molecule has 158 valence electrons. The number of nitrogens with one attached hydrogen (secondary N) is 1. The summed E-state index contributed by atoms with van der Waals surface area (Å²) < 4.78 is 37.4. The Hall–Kier alpha value is -1.89. The maximum Gasteiger partial charge on any atom is 0.350 e. The zero-order valence-corrected chi connectivity index (χ0v) is 19.2. The van der Waals surface area contributed by atoms with E-state index in [-0.39, 0.29) is 33.3 Å². The van der Waals surface area contributed by atoms with Crippen LogP contribution in [-0.2, 0) is 13.8 Å². The number of rotatable bonds is 7. The first-order valence-corrected chi connectivity index (χ1v) is 11.9. The van der Waals surface area contributed by atoms with E-state index in [9.17, 15) is 13.8 Å². The smallest absolute Gasteiger partial charge is 0.350 e. The molecular formula is C20H17Cl2FNO4PS. The van der Waals surface area contributed by atoms with Crippen LogP contribution in [0.4, 0.5) is 10.1 Å². The van der Waals surface area contributed by atoms with E-state index in [0.29, 0.717) is 15.5 Å². The predicted octanol–water partition coefficient (Wildman–Crippen LogP) is 6.61. The van der Waals surface area contributed by atoms with Gasteiger partial charge in [0.2, 0.25) is 0 Å². The van der Waals surface area contributed by atoms with Gasteiger partial charge in [-0.1, -0.05) is 35.3 Å². The molecule has 0 amide bonds. The molecule has 0 aliphatic carbocycles. The summed E-state index contributed by atoms with van der Waals surface area (Å²) >= 11 is 13.3. The Balaban J connectivity index is 2.08. The Kier molecular flexibility index (Phi) is 7.22. The molecule has 1 N–H and O–H groups in total. The number of esters is 1. The Morgan fingerprint density at radius 1 is 1.17 bits per heavy atom. The van der Waals surface area contributed by atoms with Crippen LogP contribution in [0.15, 0.2) is 48.5 Å². The summed E-state index contributed by atoms with van der Waals surface area (Å²) in [6, 6.07) is 12.0. The van der Waals surface area contributed by atoms with Crippen molar-refractivity contribution in [1.82, 2.24) is 0 Å². The van der Waals surface area contributed by atoms with Crippen molar-refractivity contribution < 1.29 is 23.0 Å². The molecule has 1 aromatic heterocycles. The van der Waals surface area contributed by atoms with Crippen molar-refractivity contribution in [2.45, 2.75) is 6.92 Å². The van der Waals surface area contributed by atoms with Gasteiger partial charge in [-0.05, 0) is 48.9 Å². The van der Waals surface area contributed by atoms with Gasteiger partial charge in [-0.15, -0.1) is 11.3 Å². The average Bonchev–Trinajstić information content (AvgIpc) is 3.11. The summed E-state index contributed by atoms with van der Waals surface area (Å²) in [6.07, 6.45) is 0. The number of carbonyl (C=O) groups is 1. The lowest BCUT2D eigenvalue weighted by atomic mass is 10.2. The van der Waals surface area contributed by atoms with Crippen LogP contribution in [0.3, 0.4) is 0 Å². The minimum atomic E-state index is -3.72. The van der Waals surface area contributed by atoms with Gasteiger partial charge in [0, 0.05) is 9.90 Å². The van der Waals surface area contributed by atoms with Gasteiger partial charge in [0.05, 0.1) is 29.7 Å². The highest BCUT2D eigenvalue weighted by Crippen LogP contribution is 2.50. The average molecular weight is 488 g/mol. The van der Waals surface area contributed by atoms with Gasteiger partial charge in [0.15, 0.2) is 0 Å². The van der Waals surface area contributed by atoms with Crippen LogP contribution in [0.2, 0.25) is 10.0 Å². The molecule has 1 heterocycles. The molecule has 2 aromatic carbocycles. The molecular weight excluding hydrogens is 471 g/mol. The van der Waals surface area contributed by atoms with Crippen LogP contribution in [0.5, 0.6) is 0 Å². The molecule has 0 aliphatic rings. The lowest BCUT2D eigenvalue weighted by molar-refractivity contribution is 0.0607. The minimum absolute atomic E-state index is 0.131. The number of hydrogen-bond donors (Lipinski definition) is 1. The molecule has 0 spiro atoms. The summed E-state index contributed by atoms with van der Waals surface area (Å²) in [6.45, 7) is 1.82. The van der Waals surface area contributed by atoms with Crippen LogP contribution in [-0.4, -0.2) is 19.7 Å². The first-order chi connectivity index (χ1) is 14.3. The molecule has 1 atom stereocenters. The van der Waals surface area contributed by atoms with E-state index >= 15 is 0 Å². The van der Waals surface area contributed by atoms with Crippen LogP contribution in [0.25, 0.3) is 10.4 Å². The lowest BCUT2D eigenvalue weighted by Crippen LogP contribution is -2.16. The van der Waals surface area contributed by atoms with Crippen LogP contribution >= 0.6 is 42.1 Å². The summed E-state index contributed by atoms with van der Waals surface area (Å²) in [5.41, 5.74) is 0.948. The van der Waals surface area contributed by atoms with Crippen molar-refractivity contribution in [3.63, 3.8) is 0 Å². The number of halogens is 3. The minimum Gasteiger partial charge on any atom is -0.465 e. The molecule has 0 saturated carbocycles. The summed E-state index contributed by atoms with van der Waals surface area (Å²) in [5, 5.41) is 3.63. The fraction of sp³-hybridized carbons (Fsp3) is 0.150. The summed E-state index contributed by atoms with van der Waals surface area (Å²) in [5.74, 6) is -0.985. The molecule has 0 radical (unpaired) electrons. The quantitative estimate of drug-likeness (QED) is 0.299. The van der Waals surface area contributed by atoms with Gasteiger partial charge in [0.1, 0.15) is 10.7 Å². The Morgan fingerprint density at radius 3 is 2.47 bits per heavy atom. The maximum absolute atomic E-state index is 13.7. The zero-order valence-electron chi connectivity index (χ0n) is 15.9. The molecule has 0 bridgehead atoms. The molecule has 5 nitrogen and oxygen atoms in total. The second-order valence-corrected chi connectivity index (χ2v) is 9.99. The highest BCUT2D eigenvalue weighted by atomic mass is 35.5. The van der Waals surface area contributed by atoms with Crippen molar-refractivity contribution in [3.8, 4) is 10.4 Å². The summed E-state index contributed by atoms with van der Waals surface area (Å²) in [7, 11) is -2.46. The van der Waals surface area contributed by atoms with E-state index in [1.807, 2.05) is 0 Å². The Labute approximate surface area is 187 Å². The van der Waals surface area contributed by atoms with E-state index in [1.54, 1.807) is 31.2 Å². The van der Waals surface area contributed by atoms with E-state index in [4.69, 9.17) is 32.5 Å². The number of thiophene rings is 1. The van der Waals surface area contributed by atoms with Crippen molar-refractivity contribution in [2.75, 3.05) is 18.8 Å². The lowest BCUT2D eigenvalue weighted by Gasteiger charge is -2.21. The SMILES string of the molecule is CCOP(=O)(Nc1cc(-c2ccc(F)cc2)sc1C(=O)OC)c1ccc(Cl)cc1Cl. The van der Waals surface area contributed by atoms with Crippen LogP contribution < -0.4 is 10.4 Å². The molecule has 0 saturated heterocycles. The number of methoxy groups -OCH3 is 1. The Morgan fingerprint density at radius 2 is 1.87 bits per heavy atom. The second kappa shape index (κ2) is 9.50. The molecule has 0 fully saturated rings. The largest absolute Gasteiger partial charge is 0.465 e. The van der Waals surface area contributed by atoms with E-state index < -0.39 is 13.5 Å². The van der Waals surface area contributed by atoms with E-state index in [1.165, 1.54) is 31.4 Å². The molecule has 0 aliphatic heterocycles. The fourth-order valence-electron chi connectivity index (χ4n) is 2.70. The van der Waals surface area contributed by atoms with Gasteiger partial charge in [-0.2, -0.15) is 0 Å². The topological polar surface area (TPSA) is 64.6 Å². The predicted molar refractivity (Wildman–Crippen MR) is 120 cm³/mol. The third kappa shape index (κ3) is 4.88. The fourth-order valence-corrected chi connectivity index (χ4v) is 6.35. The van der Waals surface area contributed by atoms with E-state index in [2.05, 4.69) is 5.09 Å².